The summed E-state index contributed by atoms with van der Waals surface area (Å²) in [5, 5.41) is 14.7. The van der Waals surface area contributed by atoms with Gasteiger partial charge in [0.2, 0.25) is 0 Å². The van der Waals surface area contributed by atoms with E-state index in [4.69, 9.17) is 11.6 Å². The molecule has 0 aromatic heterocycles. The molecule has 3 rings (SSSR count). The van der Waals surface area contributed by atoms with E-state index in [0.29, 0.717) is 22.3 Å². The fourth-order valence-electron chi connectivity index (χ4n) is 3.10. The number of carbonyl (C=O) groups excluding carboxylic acids is 1. The summed E-state index contributed by atoms with van der Waals surface area (Å²) in [6, 6.07) is 11.4. The summed E-state index contributed by atoms with van der Waals surface area (Å²) in [6.45, 7) is 3.77. The van der Waals surface area contributed by atoms with Crippen LogP contribution in [-0.4, -0.2) is 23.9 Å². The van der Waals surface area contributed by atoms with Crippen molar-refractivity contribution in [1.29, 1.82) is 0 Å². The number of nitrogens with one attached hydrogen (secondary N) is 1. The smallest absolute Gasteiger partial charge is 0.293 e. The third kappa shape index (κ3) is 4.14. The average Bonchev–Trinajstić information content (AvgIpc) is 2.62. The second kappa shape index (κ2) is 7.74. The Balaban J connectivity index is 1.83. The molecular formula is C19H20ClN3O3. The van der Waals surface area contributed by atoms with E-state index in [1.165, 1.54) is 6.07 Å². The highest BCUT2D eigenvalue weighted by Crippen LogP contribution is 2.32. The van der Waals surface area contributed by atoms with E-state index >= 15 is 0 Å². The second-order valence-electron chi connectivity index (χ2n) is 6.59. The number of amides is 1. The van der Waals surface area contributed by atoms with E-state index < -0.39 is 10.8 Å². The minimum Gasteiger partial charge on any atom is -0.366 e. The van der Waals surface area contributed by atoms with Crippen molar-refractivity contribution in [3.05, 3.63) is 63.2 Å². The lowest BCUT2D eigenvalue weighted by atomic mass is 9.98. The molecule has 0 saturated carbocycles. The van der Waals surface area contributed by atoms with Crippen LogP contribution >= 0.6 is 11.6 Å². The molecule has 1 aliphatic rings. The van der Waals surface area contributed by atoms with Gasteiger partial charge in [0.05, 0.1) is 4.92 Å². The highest BCUT2D eigenvalue weighted by molar-refractivity contribution is 6.31. The highest BCUT2D eigenvalue weighted by Gasteiger charge is 2.24. The van der Waals surface area contributed by atoms with Crippen LogP contribution < -0.4 is 10.2 Å². The SMILES string of the molecule is CC1CCN(c2ccc(C(=O)Nc3cccc(Cl)c3)cc2[N+](=O)[O-])CC1. The van der Waals surface area contributed by atoms with Gasteiger partial charge in [-0.1, -0.05) is 24.6 Å². The Kier molecular flexibility index (Phi) is 5.42. The van der Waals surface area contributed by atoms with Crippen LogP contribution in [0.5, 0.6) is 0 Å². The van der Waals surface area contributed by atoms with Gasteiger partial charge in [-0.15, -0.1) is 0 Å². The van der Waals surface area contributed by atoms with Gasteiger partial charge in [0.1, 0.15) is 5.69 Å². The van der Waals surface area contributed by atoms with Crippen molar-refractivity contribution in [3.8, 4) is 0 Å². The Morgan fingerprint density at radius 2 is 1.96 bits per heavy atom. The van der Waals surface area contributed by atoms with E-state index in [1.54, 1.807) is 36.4 Å². The number of hydrogen-bond donors (Lipinski definition) is 1. The van der Waals surface area contributed by atoms with Crippen LogP contribution in [0.2, 0.25) is 5.02 Å². The highest BCUT2D eigenvalue weighted by atomic mass is 35.5. The summed E-state index contributed by atoms with van der Waals surface area (Å²) in [6.07, 6.45) is 2.02. The van der Waals surface area contributed by atoms with Gasteiger partial charge in [-0.05, 0) is 49.1 Å². The number of benzene rings is 2. The zero-order valence-electron chi connectivity index (χ0n) is 14.4. The quantitative estimate of drug-likeness (QED) is 0.620. The number of halogens is 1. The first-order valence-corrected chi connectivity index (χ1v) is 8.92. The van der Waals surface area contributed by atoms with Crippen LogP contribution in [0.3, 0.4) is 0 Å². The number of hydrogen-bond acceptors (Lipinski definition) is 4. The van der Waals surface area contributed by atoms with Crippen LogP contribution in [0.25, 0.3) is 0 Å². The predicted molar refractivity (Wildman–Crippen MR) is 103 cm³/mol. The van der Waals surface area contributed by atoms with E-state index in [-0.39, 0.29) is 11.3 Å². The van der Waals surface area contributed by atoms with Crippen molar-refractivity contribution in [2.75, 3.05) is 23.3 Å². The molecule has 7 heteroatoms. The summed E-state index contributed by atoms with van der Waals surface area (Å²) in [5.41, 5.74) is 1.31. The van der Waals surface area contributed by atoms with Gasteiger partial charge in [0.25, 0.3) is 11.6 Å². The molecule has 0 unspecified atom stereocenters. The Morgan fingerprint density at radius 3 is 2.62 bits per heavy atom. The predicted octanol–water partition coefficient (Wildman–Crippen LogP) is 4.74. The molecule has 1 amide bonds. The van der Waals surface area contributed by atoms with Crippen LogP contribution in [0, 0.1) is 16.0 Å². The van der Waals surface area contributed by atoms with Crippen molar-refractivity contribution in [2.24, 2.45) is 5.92 Å². The first-order valence-electron chi connectivity index (χ1n) is 8.54. The van der Waals surface area contributed by atoms with Crippen LogP contribution in [0.1, 0.15) is 30.1 Å². The molecule has 1 fully saturated rings. The van der Waals surface area contributed by atoms with Gasteiger partial charge in [0.15, 0.2) is 0 Å². The van der Waals surface area contributed by atoms with E-state index in [2.05, 4.69) is 12.2 Å². The molecular weight excluding hydrogens is 354 g/mol. The monoisotopic (exact) mass is 373 g/mol. The summed E-state index contributed by atoms with van der Waals surface area (Å²) in [7, 11) is 0. The molecule has 26 heavy (non-hydrogen) atoms. The molecule has 0 radical (unpaired) electrons. The molecule has 1 N–H and O–H groups in total. The van der Waals surface area contributed by atoms with Crippen molar-refractivity contribution in [2.45, 2.75) is 19.8 Å². The lowest BCUT2D eigenvalue weighted by molar-refractivity contribution is -0.384. The third-order valence-corrected chi connectivity index (χ3v) is 4.88. The number of nitro groups is 1. The van der Waals surface area contributed by atoms with Crippen molar-refractivity contribution in [1.82, 2.24) is 0 Å². The molecule has 1 heterocycles. The second-order valence-corrected chi connectivity index (χ2v) is 7.03. The number of anilines is 2. The fourth-order valence-corrected chi connectivity index (χ4v) is 3.29. The molecule has 0 atom stereocenters. The maximum absolute atomic E-state index is 12.4. The zero-order chi connectivity index (χ0) is 18.7. The molecule has 2 aromatic rings. The standard InChI is InChI=1S/C19H20ClN3O3/c1-13-7-9-22(10-8-13)17-6-5-14(11-18(17)23(25)26)19(24)21-16-4-2-3-15(20)12-16/h2-6,11-13H,7-10H2,1H3,(H,21,24). The normalized spacial score (nSPS) is 14.9. The Hall–Kier alpha value is -2.60. The maximum atomic E-state index is 12.4. The number of carbonyl (C=O) groups is 1. The molecule has 0 spiro atoms. The van der Waals surface area contributed by atoms with Crippen LogP contribution in [0.4, 0.5) is 17.1 Å². The Labute approximate surface area is 156 Å². The Bertz CT molecular complexity index is 833. The number of piperidine rings is 1. The topological polar surface area (TPSA) is 75.5 Å². The number of nitro benzene ring substituents is 1. The molecule has 0 bridgehead atoms. The molecule has 1 aliphatic heterocycles. The number of rotatable bonds is 4. The number of nitrogens with zero attached hydrogens (tertiary/aromatic N) is 2. The lowest BCUT2D eigenvalue weighted by Crippen LogP contribution is -2.33. The minimum absolute atomic E-state index is 0.0432. The largest absolute Gasteiger partial charge is 0.366 e. The van der Waals surface area contributed by atoms with Crippen LogP contribution in [0.15, 0.2) is 42.5 Å². The molecule has 0 aliphatic carbocycles. The van der Waals surface area contributed by atoms with Gasteiger partial charge in [0, 0.05) is 35.4 Å². The summed E-state index contributed by atoms with van der Waals surface area (Å²) in [5.74, 6) is 0.224. The summed E-state index contributed by atoms with van der Waals surface area (Å²) >= 11 is 5.91. The van der Waals surface area contributed by atoms with Crippen molar-refractivity contribution in [3.63, 3.8) is 0 Å². The third-order valence-electron chi connectivity index (χ3n) is 4.64. The molecule has 136 valence electrons. The first-order chi connectivity index (χ1) is 12.4. The van der Waals surface area contributed by atoms with E-state index in [1.807, 2.05) is 4.90 Å². The molecule has 6 nitrogen and oxygen atoms in total. The molecule has 1 saturated heterocycles. The van der Waals surface area contributed by atoms with E-state index in [0.717, 1.165) is 25.9 Å². The van der Waals surface area contributed by atoms with Gasteiger partial charge in [-0.3, -0.25) is 14.9 Å². The maximum Gasteiger partial charge on any atom is 0.293 e. The van der Waals surface area contributed by atoms with Gasteiger partial charge >= 0.3 is 0 Å². The van der Waals surface area contributed by atoms with Crippen LogP contribution in [-0.2, 0) is 0 Å². The van der Waals surface area contributed by atoms with Crippen molar-refractivity contribution >= 4 is 34.6 Å². The average molecular weight is 374 g/mol. The summed E-state index contributed by atoms with van der Waals surface area (Å²) < 4.78 is 0. The van der Waals surface area contributed by atoms with Gasteiger partial charge < -0.3 is 10.2 Å². The minimum atomic E-state index is -0.427. The first kappa shape index (κ1) is 18.2. The zero-order valence-corrected chi connectivity index (χ0v) is 15.2. The lowest BCUT2D eigenvalue weighted by Gasteiger charge is -2.31. The van der Waals surface area contributed by atoms with Crippen molar-refractivity contribution < 1.29 is 9.72 Å². The summed E-state index contributed by atoms with van der Waals surface area (Å²) in [4.78, 5) is 25.6. The fraction of sp³-hybridized carbons (Fsp3) is 0.316. The van der Waals surface area contributed by atoms with E-state index in [9.17, 15) is 14.9 Å². The van der Waals surface area contributed by atoms with Gasteiger partial charge in [-0.2, -0.15) is 0 Å². The molecule has 2 aromatic carbocycles. The van der Waals surface area contributed by atoms with Gasteiger partial charge in [-0.25, -0.2) is 0 Å². The Morgan fingerprint density at radius 1 is 1.23 bits per heavy atom.